The molecular weight excluding hydrogens is 224 g/mol. The summed E-state index contributed by atoms with van der Waals surface area (Å²) < 4.78 is 23.2. The average molecular weight is 238 g/mol. The van der Waals surface area contributed by atoms with Gasteiger partial charge in [-0.05, 0) is 36.5 Å². The number of aryl methyl sites for hydroxylation is 1. The van der Waals surface area contributed by atoms with Gasteiger partial charge in [-0.1, -0.05) is 12.1 Å². The Hall–Kier alpha value is -0.870. The molecular formula is C12H14O3S. The summed E-state index contributed by atoms with van der Waals surface area (Å²) >= 11 is 0. The van der Waals surface area contributed by atoms with Crippen LogP contribution in [0.1, 0.15) is 24.0 Å². The van der Waals surface area contributed by atoms with Gasteiger partial charge < -0.3 is 5.11 Å². The van der Waals surface area contributed by atoms with Crippen molar-refractivity contribution in [1.29, 1.82) is 0 Å². The Bertz CT molecular complexity index is 541. The molecule has 0 amide bonds. The molecule has 16 heavy (non-hydrogen) atoms. The molecule has 1 aliphatic heterocycles. The van der Waals surface area contributed by atoms with Gasteiger partial charge in [0.1, 0.15) is 0 Å². The quantitative estimate of drug-likeness (QED) is 0.839. The van der Waals surface area contributed by atoms with Crippen LogP contribution >= 0.6 is 0 Å². The lowest BCUT2D eigenvalue weighted by Crippen LogP contribution is -2.10. The van der Waals surface area contributed by atoms with Gasteiger partial charge in [0.2, 0.25) is 0 Å². The molecule has 0 aromatic heterocycles. The second kappa shape index (κ2) is 3.08. The molecule has 0 saturated heterocycles. The first-order valence-electron chi connectivity index (χ1n) is 5.56. The topological polar surface area (TPSA) is 54.4 Å². The second-order valence-electron chi connectivity index (χ2n) is 4.91. The largest absolute Gasteiger partial charge is 0.390 e. The fourth-order valence-corrected chi connectivity index (χ4v) is 3.84. The summed E-state index contributed by atoms with van der Waals surface area (Å²) in [7, 11) is -3.01. The van der Waals surface area contributed by atoms with Crippen LogP contribution < -0.4 is 0 Å². The van der Waals surface area contributed by atoms with Crippen molar-refractivity contribution in [2.75, 3.05) is 5.75 Å². The molecule has 1 heterocycles. The molecule has 1 aliphatic carbocycles. The SMILES string of the molecule is O=S1(=O)CCc2cc(CC3(O)CC3)ccc21. The first-order valence-corrected chi connectivity index (χ1v) is 7.21. The van der Waals surface area contributed by atoms with Gasteiger partial charge in [0, 0.05) is 6.42 Å². The van der Waals surface area contributed by atoms with Crippen LogP contribution in [0.3, 0.4) is 0 Å². The van der Waals surface area contributed by atoms with Crippen LogP contribution in [0.2, 0.25) is 0 Å². The van der Waals surface area contributed by atoms with Crippen LogP contribution in [0.5, 0.6) is 0 Å². The Kier molecular flexibility index (Phi) is 1.98. The van der Waals surface area contributed by atoms with Crippen molar-refractivity contribution in [3.63, 3.8) is 0 Å². The summed E-state index contributed by atoms with van der Waals surface area (Å²) in [6, 6.07) is 5.47. The zero-order valence-corrected chi connectivity index (χ0v) is 9.76. The molecule has 0 radical (unpaired) electrons. The molecule has 0 spiro atoms. The number of benzene rings is 1. The van der Waals surface area contributed by atoms with E-state index in [0.29, 0.717) is 17.7 Å². The van der Waals surface area contributed by atoms with Crippen molar-refractivity contribution in [3.05, 3.63) is 29.3 Å². The third kappa shape index (κ3) is 1.66. The highest BCUT2D eigenvalue weighted by Crippen LogP contribution is 2.39. The summed E-state index contributed by atoms with van der Waals surface area (Å²) in [5.41, 5.74) is 1.46. The van der Waals surface area contributed by atoms with Crippen LogP contribution in [-0.2, 0) is 22.7 Å². The monoisotopic (exact) mass is 238 g/mol. The van der Waals surface area contributed by atoms with Gasteiger partial charge in [-0.2, -0.15) is 0 Å². The number of hydrogen-bond acceptors (Lipinski definition) is 3. The van der Waals surface area contributed by atoms with Gasteiger partial charge in [0.25, 0.3) is 0 Å². The van der Waals surface area contributed by atoms with E-state index in [-0.39, 0.29) is 5.75 Å². The fraction of sp³-hybridized carbons (Fsp3) is 0.500. The van der Waals surface area contributed by atoms with Gasteiger partial charge in [-0.25, -0.2) is 8.42 Å². The standard InChI is InChI=1S/C12H14O3S/c13-12(4-5-12)8-9-1-2-11-10(7-9)3-6-16(11,14)15/h1-2,7,13H,3-6,8H2. The van der Waals surface area contributed by atoms with Gasteiger partial charge in [0.15, 0.2) is 9.84 Å². The smallest absolute Gasteiger partial charge is 0.178 e. The maximum absolute atomic E-state index is 11.6. The maximum atomic E-state index is 11.6. The minimum absolute atomic E-state index is 0.232. The molecule has 86 valence electrons. The Morgan fingerprint density at radius 2 is 2.06 bits per heavy atom. The van der Waals surface area contributed by atoms with Crippen molar-refractivity contribution < 1.29 is 13.5 Å². The van der Waals surface area contributed by atoms with Crippen LogP contribution in [0.4, 0.5) is 0 Å². The molecule has 3 rings (SSSR count). The summed E-state index contributed by atoms with van der Waals surface area (Å²) in [6.45, 7) is 0. The van der Waals surface area contributed by atoms with E-state index in [1.165, 1.54) is 0 Å². The lowest BCUT2D eigenvalue weighted by atomic mass is 10.0. The molecule has 4 heteroatoms. The average Bonchev–Trinajstić information content (AvgIpc) is 2.85. The molecule has 1 aromatic rings. The number of aliphatic hydroxyl groups is 1. The normalized spacial score (nSPS) is 24.1. The fourth-order valence-electron chi connectivity index (χ4n) is 2.30. The summed E-state index contributed by atoms with van der Waals surface area (Å²) in [5, 5.41) is 9.82. The predicted molar refractivity (Wildman–Crippen MR) is 60.1 cm³/mol. The highest BCUT2D eigenvalue weighted by molar-refractivity contribution is 7.91. The molecule has 1 saturated carbocycles. The number of fused-ring (bicyclic) bond motifs is 1. The van der Waals surface area contributed by atoms with E-state index in [9.17, 15) is 13.5 Å². The molecule has 0 bridgehead atoms. The molecule has 1 fully saturated rings. The summed E-state index contributed by atoms with van der Waals surface area (Å²) in [4.78, 5) is 0.485. The Labute approximate surface area is 95.0 Å². The van der Waals surface area contributed by atoms with Crippen molar-refractivity contribution >= 4 is 9.84 Å². The van der Waals surface area contributed by atoms with E-state index < -0.39 is 15.4 Å². The van der Waals surface area contributed by atoms with Gasteiger partial charge in [-0.15, -0.1) is 0 Å². The third-order valence-electron chi connectivity index (χ3n) is 3.46. The molecule has 3 nitrogen and oxygen atoms in total. The molecule has 0 unspecified atom stereocenters. The van der Waals surface area contributed by atoms with Crippen LogP contribution in [0.25, 0.3) is 0 Å². The van der Waals surface area contributed by atoms with Crippen LogP contribution in [-0.4, -0.2) is 24.9 Å². The first-order chi connectivity index (χ1) is 7.49. The Morgan fingerprint density at radius 1 is 1.31 bits per heavy atom. The summed E-state index contributed by atoms with van der Waals surface area (Å²) in [6.07, 6.45) is 3.00. The van der Waals surface area contributed by atoms with Crippen molar-refractivity contribution in [1.82, 2.24) is 0 Å². The van der Waals surface area contributed by atoms with Crippen molar-refractivity contribution in [2.24, 2.45) is 0 Å². The van der Waals surface area contributed by atoms with E-state index in [4.69, 9.17) is 0 Å². The molecule has 0 atom stereocenters. The Morgan fingerprint density at radius 3 is 2.75 bits per heavy atom. The molecule has 1 N–H and O–H groups in total. The number of rotatable bonds is 2. The predicted octanol–water partition coefficient (Wildman–Crippen LogP) is 1.08. The second-order valence-corrected chi connectivity index (χ2v) is 6.99. The van der Waals surface area contributed by atoms with Crippen LogP contribution in [0, 0.1) is 0 Å². The minimum Gasteiger partial charge on any atom is -0.390 e. The Balaban J connectivity index is 1.95. The maximum Gasteiger partial charge on any atom is 0.178 e. The molecule has 1 aromatic carbocycles. The van der Waals surface area contributed by atoms with E-state index in [1.54, 1.807) is 6.07 Å². The third-order valence-corrected chi connectivity index (χ3v) is 5.27. The van der Waals surface area contributed by atoms with Gasteiger partial charge >= 0.3 is 0 Å². The summed E-state index contributed by atoms with van der Waals surface area (Å²) in [5.74, 6) is 0.232. The van der Waals surface area contributed by atoms with E-state index in [0.717, 1.165) is 24.0 Å². The zero-order chi connectivity index (χ0) is 11.4. The van der Waals surface area contributed by atoms with E-state index >= 15 is 0 Å². The molecule has 2 aliphatic rings. The lowest BCUT2D eigenvalue weighted by Gasteiger charge is -2.08. The van der Waals surface area contributed by atoms with Gasteiger partial charge in [-0.3, -0.25) is 0 Å². The number of sulfone groups is 1. The minimum atomic E-state index is -3.01. The first kappa shape index (κ1) is 10.3. The number of hydrogen-bond donors (Lipinski definition) is 1. The highest BCUT2D eigenvalue weighted by atomic mass is 32.2. The highest BCUT2D eigenvalue weighted by Gasteiger charge is 2.40. The lowest BCUT2D eigenvalue weighted by molar-refractivity contribution is 0.151. The zero-order valence-electron chi connectivity index (χ0n) is 8.94. The van der Waals surface area contributed by atoms with E-state index in [2.05, 4.69) is 0 Å². The van der Waals surface area contributed by atoms with Gasteiger partial charge in [0.05, 0.1) is 16.2 Å². The van der Waals surface area contributed by atoms with Crippen molar-refractivity contribution in [3.8, 4) is 0 Å². The van der Waals surface area contributed by atoms with Crippen molar-refractivity contribution in [2.45, 2.75) is 36.2 Å². The van der Waals surface area contributed by atoms with Crippen LogP contribution in [0.15, 0.2) is 23.1 Å². The van der Waals surface area contributed by atoms with E-state index in [1.807, 2.05) is 12.1 Å².